The minimum absolute atomic E-state index is 0.184. The maximum absolute atomic E-state index is 12.3. The molecule has 0 radical (unpaired) electrons. The monoisotopic (exact) mass is 347 g/mol. The van der Waals surface area contributed by atoms with Crippen molar-refractivity contribution in [2.75, 3.05) is 30.0 Å². The van der Waals surface area contributed by atoms with E-state index >= 15 is 0 Å². The Hall–Kier alpha value is -2.01. The van der Waals surface area contributed by atoms with Gasteiger partial charge in [-0.05, 0) is 64.8 Å². The number of anilines is 3. The van der Waals surface area contributed by atoms with E-state index in [1.54, 1.807) is 12.1 Å². The van der Waals surface area contributed by atoms with Crippen LogP contribution in [-0.2, 0) is 0 Å². The van der Waals surface area contributed by atoms with Gasteiger partial charge < -0.3 is 16.0 Å². The molecule has 2 aromatic rings. The molecule has 0 aromatic heterocycles. The van der Waals surface area contributed by atoms with Crippen LogP contribution in [-0.4, -0.2) is 20.0 Å². The highest BCUT2D eigenvalue weighted by Crippen LogP contribution is 2.30. The Labute approximate surface area is 133 Å². The van der Waals surface area contributed by atoms with Crippen LogP contribution in [0.2, 0.25) is 0 Å². The van der Waals surface area contributed by atoms with Crippen LogP contribution in [0.1, 0.15) is 15.9 Å². The van der Waals surface area contributed by atoms with Gasteiger partial charge in [0.1, 0.15) is 0 Å². The first-order valence-electron chi connectivity index (χ1n) is 6.53. The Balaban J connectivity index is 2.22. The van der Waals surface area contributed by atoms with Crippen molar-refractivity contribution in [2.45, 2.75) is 6.92 Å². The molecule has 1 amide bonds. The van der Waals surface area contributed by atoms with Crippen LogP contribution < -0.4 is 16.0 Å². The van der Waals surface area contributed by atoms with Gasteiger partial charge in [-0.3, -0.25) is 4.79 Å². The van der Waals surface area contributed by atoms with Gasteiger partial charge in [0.15, 0.2) is 0 Å². The smallest absolute Gasteiger partial charge is 0.255 e. The average Bonchev–Trinajstić information content (AvgIpc) is 2.42. The number of carbonyl (C=O) groups is 1. The SMILES string of the molecule is Cc1cc(N)c(NC(=O)c2ccc(N(C)C)cc2)c(Br)c1. The fraction of sp³-hybridized carbons (Fsp3) is 0.188. The summed E-state index contributed by atoms with van der Waals surface area (Å²) in [7, 11) is 3.92. The molecule has 0 aliphatic carbocycles. The third-order valence-electron chi connectivity index (χ3n) is 3.15. The highest BCUT2D eigenvalue weighted by Gasteiger charge is 2.11. The molecule has 0 atom stereocenters. The summed E-state index contributed by atoms with van der Waals surface area (Å²) in [4.78, 5) is 14.3. The number of amides is 1. The quantitative estimate of drug-likeness (QED) is 0.833. The number of carbonyl (C=O) groups excluding carboxylic acids is 1. The van der Waals surface area contributed by atoms with Crippen LogP contribution in [0.5, 0.6) is 0 Å². The number of nitrogens with zero attached hydrogens (tertiary/aromatic N) is 1. The van der Waals surface area contributed by atoms with Gasteiger partial charge in [0, 0.05) is 29.8 Å². The summed E-state index contributed by atoms with van der Waals surface area (Å²) in [5, 5.41) is 2.85. The maximum Gasteiger partial charge on any atom is 0.255 e. The molecule has 0 aliphatic heterocycles. The van der Waals surface area contributed by atoms with Crippen LogP contribution in [0.3, 0.4) is 0 Å². The van der Waals surface area contributed by atoms with Gasteiger partial charge in [0.05, 0.1) is 11.4 Å². The van der Waals surface area contributed by atoms with Crippen molar-refractivity contribution in [3.8, 4) is 0 Å². The van der Waals surface area contributed by atoms with Crippen LogP contribution in [0.4, 0.5) is 17.1 Å². The first-order valence-corrected chi connectivity index (χ1v) is 7.32. The van der Waals surface area contributed by atoms with Crippen molar-refractivity contribution >= 4 is 38.9 Å². The number of nitrogens with two attached hydrogens (primary N) is 1. The normalized spacial score (nSPS) is 10.3. The Morgan fingerprint density at radius 1 is 1.19 bits per heavy atom. The van der Waals surface area contributed by atoms with Crippen LogP contribution in [0.25, 0.3) is 0 Å². The Morgan fingerprint density at radius 3 is 2.33 bits per heavy atom. The van der Waals surface area contributed by atoms with Gasteiger partial charge in [0.2, 0.25) is 0 Å². The topological polar surface area (TPSA) is 58.4 Å². The van der Waals surface area contributed by atoms with Crippen molar-refractivity contribution in [1.29, 1.82) is 0 Å². The van der Waals surface area contributed by atoms with Crippen molar-refractivity contribution in [3.05, 3.63) is 52.0 Å². The fourth-order valence-electron chi connectivity index (χ4n) is 2.00. The van der Waals surface area contributed by atoms with Crippen LogP contribution >= 0.6 is 15.9 Å². The number of benzene rings is 2. The highest BCUT2D eigenvalue weighted by atomic mass is 79.9. The number of hydrogen-bond acceptors (Lipinski definition) is 3. The fourth-order valence-corrected chi connectivity index (χ4v) is 2.69. The second-order valence-corrected chi connectivity index (χ2v) is 5.96. The first kappa shape index (κ1) is 15.4. The lowest BCUT2D eigenvalue weighted by Crippen LogP contribution is -2.14. The van der Waals surface area contributed by atoms with E-state index < -0.39 is 0 Å². The second-order valence-electron chi connectivity index (χ2n) is 5.11. The van der Waals surface area contributed by atoms with E-state index in [1.165, 1.54) is 0 Å². The molecular formula is C16H18BrN3O. The minimum Gasteiger partial charge on any atom is -0.397 e. The van der Waals surface area contributed by atoms with Gasteiger partial charge in [0.25, 0.3) is 5.91 Å². The van der Waals surface area contributed by atoms with Gasteiger partial charge in [-0.25, -0.2) is 0 Å². The highest BCUT2D eigenvalue weighted by molar-refractivity contribution is 9.10. The van der Waals surface area contributed by atoms with E-state index in [0.717, 1.165) is 15.7 Å². The lowest BCUT2D eigenvalue weighted by molar-refractivity contribution is 0.102. The summed E-state index contributed by atoms with van der Waals surface area (Å²) in [5.74, 6) is -0.184. The lowest BCUT2D eigenvalue weighted by atomic mass is 10.1. The summed E-state index contributed by atoms with van der Waals surface area (Å²) in [6, 6.07) is 11.1. The molecule has 0 aliphatic rings. The molecule has 0 fully saturated rings. The molecule has 0 heterocycles. The zero-order valence-corrected chi connectivity index (χ0v) is 13.9. The van der Waals surface area contributed by atoms with Crippen molar-refractivity contribution < 1.29 is 4.79 Å². The third-order valence-corrected chi connectivity index (χ3v) is 3.77. The number of nitrogens with one attached hydrogen (secondary N) is 1. The van der Waals surface area contributed by atoms with Gasteiger partial charge in [-0.15, -0.1) is 0 Å². The predicted molar refractivity (Wildman–Crippen MR) is 92.0 cm³/mol. The molecule has 3 N–H and O–H groups in total. The molecule has 21 heavy (non-hydrogen) atoms. The van der Waals surface area contributed by atoms with Gasteiger partial charge >= 0.3 is 0 Å². The molecule has 0 spiro atoms. The van der Waals surface area contributed by atoms with Crippen molar-refractivity contribution in [3.63, 3.8) is 0 Å². The third kappa shape index (κ3) is 3.55. The molecule has 2 rings (SSSR count). The summed E-state index contributed by atoms with van der Waals surface area (Å²) in [5.41, 5.74) is 9.77. The van der Waals surface area contributed by atoms with E-state index in [9.17, 15) is 4.79 Å². The lowest BCUT2D eigenvalue weighted by Gasteiger charge is -2.14. The molecule has 5 heteroatoms. The first-order chi connectivity index (χ1) is 9.88. The van der Waals surface area contributed by atoms with Crippen LogP contribution in [0, 0.1) is 6.92 Å². The maximum atomic E-state index is 12.3. The Bertz CT molecular complexity index is 643. The number of nitrogen functional groups attached to an aromatic ring is 1. The van der Waals surface area contributed by atoms with Crippen molar-refractivity contribution in [1.82, 2.24) is 0 Å². The molecule has 0 bridgehead atoms. The number of hydrogen-bond donors (Lipinski definition) is 2. The number of aryl methyl sites for hydroxylation is 1. The standard InChI is InChI=1S/C16H18BrN3O/c1-10-8-13(17)15(14(18)9-10)19-16(21)11-4-6-12(7-5-11)20(2)3/h4-9H,18H2,1-3H3,(H,19,21). The van der Waals surface area contributed by atoms with E-state index in [1.807, 2.05) is 50.2 Å². The second kappa shape index (κ2) is 6.18. The number of halogens is 1. The zero-order valence-electron chi connectivity index (χ0n) is 12.3. The summed E-state index contributed by atoms with van der Waals surface area (Å²) < 4.78 is 0.776. The Morgan fingerprint density at radius 2 is 1.81 bits per heavy atom. The predicted octanol–water partition coefficient (Wildman–Crippen LogP) is 3.66. The minimum atomic E-state index is -0.184. The van der Waals surface area contributed by atoms with Gasteiger partial charge in [-0.1, -0.05) is 0 Å². The molecule has 0 saturated heterocycles. The van der Waals surface area contributed by atoms with E-state index in [4.69, 9.17) is 5.73 Å². The summed E-state index contributed by atoms with van der Waals surface area (Å²) >= 11 is 3.43. The molecule has 110 valence electrons. The molecule has 2 aromatic carbocycles. The van der Waals surface area contributed by atoms with Crippen molar-refractivity contribution in [2.24, 2.45) is 0 Å². The Kier molecular flexibility index (Phi) is 4.53. The zero-order chi connectivity index (χ0) is 15.6. The molecule has 0 saturated carbocycles. The number of rotatable bonds is 3. The molecular weight excluding hydrogens is 330 g/mol. The van der Waals surface area contributed by atoms with Crippen LogP contribution in [0.15, 0.2) is 40.9 Å². The average molecular weight is 348 g/mol. The summed E-state index contributed by atoms with van der Waals surface area (Å²) in [6.45, 7) is 1.95. The van der Waals surface area contributed by atoms with E-state index in [2.05, 4.69) is 21.2 Å². The van der Waals surface area contributed by atoms with E-state index in [-0.39, 0.29) is 5.91 Å². The largest absolute Gasteiger partial charge is 0.397 e. The van der Waals surface area contributed by atoms with E-state index in [0.29, 0.717) is 16.9 Å². The molecule has 4 nitrogen and oxygen atoms in total. The molecule has 0 unspecified atom stereocenters. The van der Waals surface area contributed by atoms with Gasteiger partial charge in [-0.2, -0.15) is 0 Å². The summed E-state index contributed by atoms with van der Waals surface area (Å²) in [6.07, 6.45) is 0.